The Morgan fingerprint density at radius 1 is 1.16 bits per heavy atom. The molecule has 0 aliphatic heterocycles. The van der Waals surface area contributed by atoms with E-state index in [1.807, 2.05) is 49.4 Å². The van der Waals surface area contributed by atoms with Gasteiger partial charge in [-0.25, -0.2) is 4.98 Å². The standard InChI is InChI=1S/C23H20BrN3O3S/c1-15(16-8-10-17(24)11-9-16)25-21(28)14-31-23-26-20-7-3-2-6-19(20)22(29)27(23)13-18-5-4-12-30-18/h2-12,15H,13-14H2,1H3,(H,25,28). The van der Waals surface area contributed by atoms with Gasteiger partial charge in [-0.2, -0.15) is 0 Å². The maximum absolute atomic E-state index is 13.1. The van der Waals surface area contributed by atoms with E-state index in [1.54, 1.807) is 29.0 Å². The molecule has 2 heterocycles. The Morgan fingerprint density at radius 3 is 2.68 bits per heavy atom. The Bertz CT molecular complexity index is 1250. The lowest BCUT2D eigenvalue weighted by atomic mass is 10.1. The van der Waals surface area contributed by atoms with Crippen LogP contribution < -0.4 is 10.9 Å². The lowest BCUT2D eigenvalue weighted by Gasteiger charge is -2.15. The molecule has 1 atom stereocenters. The van der Waals surface area contributed by atoms with E-state index in [-0.39, 0.29) is 29.8 Å². The number of para-hydroxylation sites is 1. The minimum absolute atomic E-state index is 0.129. The van der Waals surface area contributed by atoms with E-state index in [0.29, 0.717) is 21.8 Å². The summed E-state index contributed by atoms with van der Waals surface area (Å²) in [7, 11) is 0. The number of hydrogen-bond donors (Lipinski definition) is 1. The second kappa shape index (κ2) is 9.53. The van der Waals surface area contributed by atoms with Crippen molar-refractivity contribution in [1.82, 2.24) is 14.9 Å². The molecule has 0 aliphatic carbocycles. The zero-order valence-electron chi connectivity index (χ0n) is 16.7. The van der Waals surface area contributed by atoms with E-state index in [9.17, 15) is 9.59 Å². The molecule has 2 aromatic carbocycles. The average molecular weight is 498 g/mol. The number of nitrogens with zero attached hydrogens (tertiary/aromatic N) is 2. The van der Waals surface area contributed by atoms with Crippen LogP contribution in [0.4, 0.5) is 0 Å². The molecule has 2 aromatic heterocycles. The predicted octanol–water partition coefficient (Wildman–Crippen LogP) is 4.77. The van der Waals surface area contributed by atoms with Crippen molar-refractivity contribution < 1.29 is 9.21 Å². The first-order valence-corrected chi connectivity index (χ1v) is 11.5. The molecule has 0 spiro atoms. The maximum Gasteiger partial charge on any atom is 0.262 e. The molecule has 1 unspecified atom stereocenters. The third-order valence-electron chi connectivity index (χ3n) is 4.80. The average Bonchev–Trinajstić information content (AvgIpc) is 3.28. The van der Waals surface area contributed by atoms with Crippen molar-refractivity contribution >= 4 is 44.5 Å². The van der Waals surface area contributed by atoms with Crippen LogP contribution in [0.1, 0.15) is 24.3 Å². The summed E-state index contributed by atoms with van der Waals surface area (Å²) >= 11 is 4.65. The molecule has 8 heteroatoms. The molecule has 1 N–H and O–H groups in total. The number of nitrogens with one attached hydrogen (secondary N) is 1. The van der Waals surface area contributed by atoms with E-state index < -0.39 is 0 Å². The number of thioether (sulfide) groups is 1. The van der Waals surface area contributed by atoms with Crippen molar-refractivity contribution in [3.63, 3.8) is 0 Å². The SMILES string of the molecule is CC(NC(=O)CSc1nc2ccccc2c(=O)n1Cc1ccco1)c1ccc(Br)cc1. The molecule has 0 radical (unpaired) electrons. The van der Waals surface area contributed by atoms with Gasteiger partial charge in [-0.3, -0.25) is 14.2 Å². The molecule has 4 aromatic rings. The number of fused-ring (bicyclic) bond motifs is 1. The van der Waals surface area contributed by atoms with Gasteiger partial charge in [-0.05, 0) is 48.9 Å². The molecule has 31 heavy (non-hydrogen) atoms. The van der Waals surface area contributed by atoms with Gasteiger partial charge in [0.1, 0.15) is 5.76 Å². The van der Waals surface area contributed by atoms with Gasteiger partial charge >= 0.3 is 0 Å². The lowest BCUT2D eigenvalue weighted by molar-refractivity contribution is -0.119. The Labute approximate surface area is 191 Å². The quantitative estimate of drug-likeness (QED) is 0.294. The van der Waals surface area contributed by atoms with E-state index >= 15 is 0 Å². The van der Waals surface area contributed by atoms with Crippen LogP contribution in [-0.2, 0) is 11.3 Å². The number of rotatable bonds is 7. The van der Waals surface area contributed by atoms with Crippen LogP contribution in [0.15, 0.2) is 85.8 Å². The Hall–Kier alpha value is -2.84. The van der Waals surface area contributed by atoms with Crippen LogP contribution in [0.5, 0.6) is 0 Å². The van der Waals surface area contributed by atoms with Crippen LogP contribution in [0.25, 0.3) is 10.9 Å². The summed E-state index contributed by atoms with van der Waals surface area (Å²) in [5.74, 6) is 0.658. The van der Waals surface area contributed by atoms with Crippen LogP contribution in [0.3, 0.4) is 0 Å². The topological polar surface area (TPSA) is 77.1 Å². The van der Waals surface area contributed by atoms with Crippen molar-refractivity contribution in [3.8, 4) is 0 Å². The summed E-state index contributed by atoms with van der Waals surface area (Å²) in [6.45, 7) is 2.19. The molecule has 0 aliphatic rings. The molecule has 0 saturated carbocycles. The number of benzene rings is 2. The number of amides is 1. The van der Waals surface area contributed by atoms with Crippen molar-refractivity contribution in [2.75, 3.05) is 5.75 Å². The number of halogens is 1. The normalized spacial score (nSPS) is 12.1. The Morgan fingerprint density at radius 2 is 1.94 bits per heavy atom. The summed E-state index contributed by atoms with van der Waals surface area (Å²) in [4.78, 5) is 30.3. The third-order valence-corrected chi connectivity index (χ3v) is 6.31. The highest BCUT2D eigenvalue weighted by Crippen LogP contribution is 2.20. The number of hydrogen-bond acceptors (Lipinski definition) is 5. The van der Waals surface area contributed by atoms with Gasteiger partial charge in [0.05, 0.1) is 35.5 Å². The zero-order valence-corrected chi connectivity index (χ0v) is 19.2. The smallest absolute Gasteiger partial charge is 0.262 e. The summed E-state index contributed by atoms with van der Waals surface area (Å²) in [6.07, 6.45) is 1.57. The first kappa shape index (κ1) is 21.4. The molecule has 0 fully saturated rings. The van der Waals surface area contributed by atoms with E-state index in [0.717, 1.165) is 10.0 Å². The van der Waals surface area contributed by atoms with Gasteiger partial charge in [0.2, 0.25) is 5.91 Å². The Kier molecular flexibility index (Phi) is 6.58. The van der Waals surface area contributed by atoms with Gasteiger partial charge in [0.15, 0.2) is 5.16 Å². The van der Waals surface area contributed by atoms with Gasteiger partial charge in [-0.15, -0.1) is 0 Å². The van der Waals surface area contributed by atoms with Gasteiger partial charge in [0.25, 0.3) is 5.56 Å². The fourth-order valence-corrected chi connectivity index (χ4v) is 4.28. The Balaban J connectivity index is 1.53. The molecule has 6 nitrogen and oxygen atoms in total. The third kappa shape index (κ3) is 5.08. The van der Waals surface area contributed by atoms with E-state index in [1.165, 1.54) is 11.8 Å². The summed E-state index contributed by atoms with van der Waals surface area (Å²) in [6, 6.07) is 18.5. The van der Waals surface area contributed by atoms with Crippen molar-refractivity contribution in [2.24, 2.45) is 0 Å². The van der Waals surface area contributed by atoms with Gasteiger partial charge in [0, 0.05) is 4.47 Å². The first-order valence-electron chi connectivity index (χ1n) is 9.71. The van der Waals surface area contributed by atoms with Crippen LogP contribution in [0.2, 0.25) is 0 Å². The summed E-state index contributed by atoms with van der Waals surface area (Å²) in [5, 5.41) is 4.01. The minimum Gasteiger partial charge on any atom is -0.467 e. The molecule has 4 rings (SSSR count). The van der Waals surface area contributed by atoms with Gasteiger partial charge in [-0.1, -0.05) is 52.0 Å². The largest absolute Gasteiger partial charge is 0.467 e. The van der Waals surface area contributed by atoms with Crippen LogP contribution >= 0.6 is 27.7 Å². The highest BCUT2D eigenvalue weighted by atomic mass is 79.9. The zero-order chi connectivity index (χ0) is 21.8. The highest BCUT2D eigenvalue weighted by Gasteiger charge is 2.16. The second-order valence-corrected chi connectivity index (χ2v) is 8.87. The van der Waals surface area contributed by atoms with Crippen molar-refractivity contribution in [1.29, 1.82) is 0 Å². The lowest BCUT2D eigenvalue weighted by Crippen LogP contribution is -2.29. The maximum atomic E-state index is 13.1. The molecule has 158 valence electrons. The monoisotopic (exact) mass is 497 g/mol. The molecular formula is C23H20BrN3O3S. The van der Waals surface area contributed by atoms with Gasteiger partial charge < -0.3 is 9.73 Å². The minimum atomic E-state index is -0.159. The summed E-state index contributed by atoms with van der Waals surface area (Å²) in [5.41, 5.74) is 1.46. The van der Waals surface area contributed by atoms with Crippen LogP contribution in [-0.4, -0.2) is 21.2 Å². The second-order valence-electron chi connectivity index (χ2n) is 7.01. The fourth-order valence-electron chi connectivity index (χ4n) is 3.20. The number of carbonyl (C=O) groups is 1. The first-order chi connectivity index (χ1) is 15.0. The van der Waals surface area contributed by atoms with Crippen molar-refractivity contribution in [3.05, 3.63) is 93.1 Å². The highest BCUT2D eigenvalue weighted by molar-refractivity contribution is 9.10. The molecular weight excluding hydrogens is 478 g/mol. The molecule has 1 amide bonds. The molecule has 0 saturated heterocycles. The fraction of sp³-hybridized carbons (Fsp3) is 0.174. The van der Waals surface area contributed by atoms with E-state index in [4.69, 9.17) is 4.42 Å². The molecule has 0 bridgehead atoms. The summed E-state index contributed by atoms with van der Waals surface area (Å²) < 4.78 is 7.96. The van der Waals surface area contributed by atoms with Crippen LogP contribution in [0, 0.1) is 0 Å². The predicted molar refractivity (Wildman–Crippen MR) is 125 cm³/mol. The van der Waals surface area contributed by atoms with E-state index in [2.05, 4.69) is 26.2 Å². The number of furan rings is 1. The van der Waals surface area contributed by atoms with Crippen molar-refractivity contribution in [2.45, 2.75) is 24.7 Å². The number of carbonyl (C=O) groups excluding carboxylic acids is 1. The number of aromatic nitrogens is 2.